The molecular weight excluding hydrogens is 206 g/mol. The number of piperidine rings is 1. The second-order valence-corrected chi connectivity index (χ2v) is 4.07. The van der Waals surface area contributed by atoms with E-state index in [0.717, 1.165) is 25.2 Å². The molecule has 5 nitrogen and oxygen atoms in total. The fourth-order valence-electron chi connectivity index (χ4n) is 1.99. The summed E-state index contributed by atoms with van der Waals surface area (Å²) in [7, 11) is 0. The second kappa shape index (κ2) is 4.38. The average molecular weight is 221 g/mol. The normalized spacial score (nSPS) is 20.8. The van der Waals surface area contributed by atoms with E-state index in [9.17, 15) is 4.79 Å². The Morgan fingerprint density at radius 3 is 3.12 bits per heavy atom. The first-order valence-electron chi connectivity index (χ1n) is 5.36. The molecule has 3 N–H and O–H groups in total. The Morgan fingerprint density at radius 2 is 2.44 bits per heavy atom. The molecule has 2 heterocycles. The third kappa shape index (κ3) is 2.24. The molecule has 0 radical (unpaired) electrons. The summed E-state index contributed by atoms with van der Waals surface area (Å²) < 4.78 is 0. The van der Waals surface area contributed by atoms with Crippen LogP contribution in [-0.2, 0) is 4.79 Å². The summed E-state index contributed by atoms with van der Waals surface area (Å²) in [5, 5.41) is 8.99. The molecule has 16 heavy (non-hydrogen) atoms. The number of rotatable bonds is 2. The highest BCUT2D eigenvalue weighted by molar-refractivity contribution is 5.71. The number of anilines is 2. The highest BCUT2D eigenvalue weighted by atomic mass is 16.4. The van der Waals surface area contributed by atoms with Crippen molar-refractivity contribution in [2.45, 2.75) is 12.8 Å². The Morgan fingerprint density at radius 1 is 1.62 bits per heavy atom. The van der Waals surface area contributed by atoms with Crippen molar-refractivity contribution in [2.75, 3.05) is 23.7 Å². The largest absolute Gasteiger partial charge is 0.481 e. The average Bonchev–Trinajstić information content (AvgIpc) is 2.29. The smallest absolute Gasteiger partial charge is 0.308 e. The molecular formula is C11H15N3O2. The molecule has 2 rings (SSSR count). The number of pyridine rings is 1. The predicted octanol–water partition coefficient (Wildman–Crippen LogP) is 0.965. The van der Waals surface area contributed by atoms with Gasteiger partial charge in [-0.15, -0.1) is 0 Å². The van der Waals surface area contributed by atoms with Crippen molar-refractivity contribution in [3.8, 4) is 0 Å². The fourth-order valence-corrected chi connectivity index (χ4v) is 1.99. The molecule has 1 fully saturated rings. The molecule has 1 unspecified atom stereocenters. The summed E-state index contributed by atoms with van der Waals surface area (Å²) in [6.45, 7) is 1.37. The number of carboxylic acid groups (broad SMARTS) is 1. The third-order valence-corrected chi connectivity index (χ3v) is 2.86. The Balaban J connectivity index is 2.12. The van der Waals surface area contributed by atoms with Crippen LogP contribution in [0.5, 0.6) is 0 Å². The SMILES string of the molecule is Nc1ccnc(N2CCCC(C(=O)O)C2)c1. The maximum absolute atomic E-state index is 10.9. The first-order valence-corrected chi connectivity index (χ1v) is 5.36. The van der Waals surface area contributed by atoms with Crippen molar-refractivity contribution in [1.29, 1.82) is 0 Å². The van der Waals surface area contributed by atoms with Gasteiger partial charge in [0, 0.05) is 31.0 Å². The number of carbonyl (C=O) groups is 1. The molecule has 0 saturated carbocycles. The van der Waals surface area contributed by atoms with Gasteiger partial charge in [-0.25, -0.2) is 4.98 Å². The number of aliphatic carboxylic acids is 1. The van der Waals surface area contributed by atoms with E-state index in [1.165, 1.54) is 0 Å². The van der Waals surface area contributed by atoms with Gasteiger partial charge in [-0.1, -0.05) is 0 Å². The molecule has 0 aromatic carbocycles. The Kier molecular flexibility index (Phi) is 2.94. The van der Waals surface area contributed by atoms with E-state index in [-0.39, 0.29) is 5.92 Å². The molecule has 1 aliphatic rings. The molecule has 86 valence electrons. The maximum atomic E-state index is 10.9. The fraction of sp³-hybridized carbons (Fsp3) is 0.455. The van der Waals surface area contributed by atoms with Gasteiger partial charge in [0.25, 0.3) is 0 Å². The van der Waals surface area contributed by atoms with Gasteiger partial charge in [0.15, 0.2) is 0 Å². The lowest BCUT2D eigenvalue weighted by Gasteiger charge is -2.31. The highest BCUT2D eigenvalue weighted by Crippen LogP contribution is 2.22. The predicted molar refractivity (Wildman–Crippen MR) is 61.2 cm³/mol. The summed E-state index contributed by atoms with van der Waals surface area (Å²) in [6.07, 6.45) is 3.27. The van der Waals surface area contributed by atoms with Gasteiger partial charge >= 0.3 is 5.97 Å². The van der Waals surface area contributed by atoms with E-state index >= 15 is 0 Å². The lowest BCUT2D eigenvalue weighted by atomic mass is 9.98. The van der Waals surface area contributed by atoms with Crippen molar-refractivity contribution < 1.29 is 9.90 Å². The third-order valence-electron chi connectivity index (χ3n) is 2.86. The van der Waals surface area contributed by atoms with Gasteiger partial charge in [-0.3, -0.25) is 4.79 Å². The van der Waals surface area contributed by atoms with E-state index in [4.69, 9.17) is 10.8 Å². The van der Waals surface area contributed by atoms with Crippen LogP contribution in [0.2, 0.25) is 0 Å². The van der Waals surface area contributed by atoms with Crippen molar-refractivity contribution in [2.24, 2.45) is 5.92 Å². The number of nitrogens with zero attached hydrogens (tertiary/aromatic N) is 2. The topological polar surface area (TPSA) is 79.5 Å². The standard InChI is InChI=1S/C11H15N3O2/c12-9-3-4-13-10(6-9)14-5-1-2-8(7-14)11(15)16/h3-4,6,8H,1-2,5,7H2,(H2,12,13)(H,15,16). The van der Waals surface area contributed by atoms with Gasteiger partial charge in [-0.05, 0) is 18.9 Å². The number of carboxylic acids is 1. The maximum Gasteiger partial charge on any atom is 0.308 e. The van der Waals surface area contributed by atoms with Crippen molar-refractivity contribution in [3.05, 3.63) is 18.3 Å². The van der Waals surface area contributed by atoms with Gasteiger partial charge in [0.1, 0.15) is 5.82 Å². The van der Waals surface area contributed by atoms with Crippen LogP contribution in [-0.4, -0.2) is 29.1 Å². The van der Waals surface area contributed by atoms with E-state index in [0.29, 0.717) is 12.2 Å². The molecule has 1 aromatic rings. The monoisotopic (exact) mass is 221 g/mol. The van der Waals surface area contributed by atoms with Crippen LogP contribution in [0.1, 0.15) is 12.8 Å². The lowest BCUT2D eigenvalue weighted by Crippen LogP contribution is -2.39. The number of hydrogen-bond acceptors (Lipinski definition) is 4. The number of hydrogen-bond donors (Lipinski definition) is 2. The summed E-state index contributed by atoms with van der Waals surface area (Å²) >= 11 is 0. The van der Waals surface area contributed by atoms with Crippen LogP contribution in [0.4, 0.5) is 11.5 Å². The molecule has 1 aromatic heterocycles. The molecule has 0 aliphatic carbocycles. The van der Waals surface area contributed by atoms with Crippen LogP contribution >= 0.6 is 0 Å². The molecule has 0 amide bonds. The van der Waals surface area contributed by atoms with Gasteiger partial charge in [0.05, 0.1) is 5.92 Å². The molecule has 0 bridgehead atoms. The minimum Gasteiger partial charge on any atom is -0.481 e. The summed E-state index contributed by atoms with van der Waals surface area (Å²) in [5.41, 5.74) is 6.33. The molecule has 1 saturated heterocycles. The number of nitrogen functional groups attached to an aromatic ring is 1. The molecule has 0 spiro atoms. The Bertz CT molecular complexity index is 395. The second-order valence-electron chi connectivity index (χ2n) is 4.07. The molecule has 1 atom stereocenters. The first-order chi connectivity index (χ1) is 7.66. The Labute approximate surface area is 93.9 Å². The van der Waals surface area contributed by atoms with Crippen LogP contribution in [0, 0.1) is 5.92 Å². The summed E-state index contributed by atoms with van der Waals surface area (Å²) in [6, 6.07) is 3.51. The minimum atomic E-state index is -0.728. The Hall–Kier alpha value is -1.78. The van der Waals surface area contributed by atoms with Crippen LogP contribution in [0.15, 0.2) is 18.3 Å². The van der Waals surface area contributed by atoms with Crippen molar-refractivity contribution >= 4 is 17.5 Å². The highest BCUT2D eigenvalue weighted by Gasteiger charge is 2.25. The summed E-state index contributed by atoms with van der Waals surface area (Å²) in [4.78, 5) is 17.1. The zero-order chi connectivity index (χ0) is 11.5. The minimum absolute atomic E-state index is 0.294. The zero-order valence-electron chi connectivity index (χ0n) is 8.97. The zero-order valence-corrected chi connectivity index (χ0v) is 8.97. The lowest BCUT2D eigenvalue weighted by molar-refractivity contribution is -0.141. The van der Waals surface area contributed by atoms with Crippen molar-refractivity contribution in [3.63, 3.8) is 0 Å². The van der Waals surface area contributed by atoms with Gasteiger partial charge < -0.3 is 15.7 Å². The van der Waals surface area contributed by atoms with Crippen LogP contribution in [0.3, 0.4) is 0 Å². The molecule has 1 aliphatic heterocycles. The number of nitrogens with two attached hydrogens (primary N) is 1. The van der Waals surface area contributed by atoms with Crippen LogP contribution in [0.25, 0.3) is 0 Å². The van der Waals surface area contributed by atoms with Crippen molar-refractivity contribution in [1.82, 2.24) is 4.98 Å². The molecule has 5 heteroatoms. The van der Waals surface area contributed by atoms with E-state index in [2.05, 4.69) is 4.98 Å². The van der Waals surface area contributed by atoms with E-state index in [1.807, 2.05) is 4.90 Å². The summed E-state index contributed by atoms with van der Waals surface area (Å²) in [5.74, 6) is -0.253. The van der Waals surface area contributed by atoms with E-state index in [1.54, 1.807) is 18.3 Å². The van der Waals surface area contributed by atoms with Gasteiger partial charge in [0.2, 0.25) is 0 Å². The van der Waals surface area contributed by atoms with Crippen LogP contribution < -0.4 is 10.6 Å². The number of aromatic nitrogens is 1. The van der Waals surface area contributed by atoms with E-state index < -0.39 is 5.97 Å². The first kappa shape index (κ1) is 10.7. The quantitative estimate of drug-likeness (QED) is 0.777. The van der Waals surface area contributed by atoms with Gasteiger partial charge in [-0.2, -0.15) is 0 Å².